The maximum Gasteiger partial charge on any atom is 0.232 e. The second-order valence-corrected chi connectivity index (χ2v) is 9.04. The van der Waals surface area contributed by atoms with Gasteiger partial charge < -0.3 is 15.1 Å². The number of nitrogens with zero attached hydrogens (tertiary/aromatic N) is 2. The molecule has 2 heterocycles. The molecule has 1 saturated carbocycles. The molecule has 29 heavy (non-hydrogen) atoms. The summed E-state index contributed by atoms with van der Waals surface area (Å²) in [5, 5.41) is 3.14. The molecule has 158 valence electrons. The average molecular weight is 402 g/mol. The molecule has 2 aliphatic heterocycles. The number of nitrogens with one attached hydrogen (secondary N) is 1. The number of carbonyl (C=O) groups is 2. The van der Waals surface area contributed by atoms with E-state index in [1.165, 1.54) is 44.2 Å². The maximum absolute atomic E-state index is 13.5. The molecule has 0 aromatic heterocycles. The first-order chi connectivity index (χ1) is 14.0. The quantitative estimate of drug-likeness (QED) is 0.798. The number of carbonyl (C=O) groups excluding carboxylic acids is 2. The maximum atomic E-state index is 13.5. The largest absolute Gasteiger partial charge is 0.354 e. The summed E-state index contributed by atoms with van der Waals surface area (Å²) in [7, 11) is 2.14. The molecular weight excluding hydrogens is 369 g/mol. The molecule has 1 aromatic rings. The molecule has 5 nitrogen and oxygen atoms in total. The van der Waals surface area contributed by atoms with Gasteiger partial charge >= 0.3 is 0 Å². The van der Waals surface area contributed by atoms with Crippen LogP contribution in [0.5, 0.6) is 0 Å². The Morgan fingerprint density at radius 1 is 1.21 bits per heavy atom. The molecule has 3 fully saturated rings. The van der Waals surface area contributed by atoms with E-state index in [0.29, 0.717) is 32.0 Å². The summed E-state index contributed by atoms with van der Waals surface area (Å²) in [6.45, 7) is 1.81. The van der Waals surface area contributed by atoms with Crippen LogP contribution in [0.1, 0.15) is 56.9 Å². The normalized spacial score (nSPS) is 27.5. The second kappa shape index (κ2) is 8.42. The molecule has 2 saturated heterocycles. The summed E-state index contributed by atoms with van der Waals surface area (Å²) in [4.78, 5) is 29.9. The third kappa shape index (κ3) is 4.04. The van der Waals surface area contributed by atoms with Crippen molar-refractivity contribution in [3.63, 3.8) is 0 Å². The third-order valence-corrected chi connectivity index (χ3v) is 7.26. The summed E-state index contributed by atoms with van der Waals surface area (Å²) in [6, 6.07) is 6.95. The van der Waals surface area contributed by atoms with Crippen LogP contribution in [0.4, 0.5) is 4.39 Å². The van der Waals surface area contributed by atoms with Crippen LogP contribution in [0, 0.1) is 5.82 Å². The zero-order chi connectivity index (χ0) is 20.4. The summed E-state index contributed by atoms with van der Waals surface area (Å²) < 4.78 is 13.5. The van der Waals surface area contributed by atoms with E-state index in [9.17, 15) is 14.0 Å². The minimum atomic E-state index is -0.780. The van der Waals surface area contributed by atoms with E-state index < -0.39 is 5.41 Å². The Morgan fingerprint density at radius 2 is 1.93 bits per heavy atom. The predicted molar refractivity (Wildman–Crippen MR) is 110 cm³/mol. The second-order valence-electron chi connectivity index (χ2n) is 9.04. The molecule has 0 unspecified atom stereocenters. The molecule has 6 heteroatoms. The van der Waals surface area contributed by atoms with Gasteiger partial charge in [-0.25, -0.2) is 4.39 Å². The number of benzene rings is 1. The zero-order valence-corrected chi connectivity index (χ0v) is 17.3. The van der Waals surface area contributed by atoms with Crippen molar-refractivity contribution >= 4 is 11.8 Å². The van der Waals surface area contributed by atoms with Gasteiger partial charge in [0.05, 0.1) is 5.41 Å². The first kappa shape index (κ1) is 20.3. The smallest absolute Gasteiger partial charge is 0.232 e. The molecule has 3 aliphatic rings. The summed E-state index contributed by atoms with van der Waals surface area (Å²) >= 11 is 0. The topological polar surface area (TPSA) is 52.7 Å². The number of amides is 2. The number of hydrogen-bond donors (Lipinski definition) is 1. The Hall–Kier alpha value is -1.95. The number of halogens is 1. The van der Waals surface area contributed by atoms with Crippen LogP contribution in [0.2, 0.25) is 0 Å². The highest BCUT2D eigenvalue weighted by Crippen LogP contribution is 2.43. The molecule has 2 atom stereocenters. The van der Waals surface area contributed by atoms with E-state index in [1.54, 1.807) is 12.1 Å². The summed E-state index contributed by atoms with van der Waals surface area (Å²) in [5.41, 5.74) is 0.0249. The van der Waals surface area contributed by atoms with Crippen molar-refractivity contribution in [1.29, 1.82) is 0 Å². The van der Waals surface area contributed by atoms with Crippen LogP contribution in [0.25, 0.3) is 0 Å². The molecular formula is C23H32FN3O2. The van der Waals surface area contributed by atoms with Crippen LogP contribution < -0.4 is 5.32 Å². The Bertz CT molecular complexity index is 747. The lowest BCUT2D eigenvalue weighted by Gasteiger charge is -2.32. The van der Waals surface area contributed by atoms with Gasteiger partial charge in [-0.15, -0.1) is 0 Å². The van der Waals surface area contributed by atoms with Crippen LogP contribution in [-0.4, -0.2) is 60.4 Å². The molecule has 2 amide bonds. The molecule has 1 N–H and O–H groups in total. The van der Waals surface area contributed by atoms with Crippen molar-refractivity contribution in [3.05, 3.63) is 35.6 Å². The first-order valence-corrected chi connectivity index (χ1v) is 11.0. The average Bonchev–Trinajstić information content (AvgIpc) is 3.29. The minimum Gasteiger partial charge on any atom is -0.354 e. The molecule has 4 rings (SSSR count). The van der Waals surface area contributed by atoms with Gasteiger partial charge in [-0.1, -0.05) is 31.4 Å². The monoisotopic (exact) mass is 401 g/mol. The number of fused-ring (bicyclic) bond motifs is 1. The van der Waals surface area contributed by atoms with E-state index >= 15 is 0 Å². The minimum absolute atomic E-state index is 0.0386. The van der Waals surface area contributed by atoms with Crippen LogP contribution in [0.15, 0.2) is 24.3 Å². The van der Waals surface area contributed by atoms with E-state index in [2.05, 4.69) is 17.3 Å². The van der Waals surface area contributed by atoms with Gasteiger partial charge in [0, 0.05) is 38.1 Å². The lowest BCUT2D eigenvalue weighted by Crippen LogP contribution is -2.49. The molecule has 0 radical (unpaired) electrons. The van der Waals surface area contributed by atoms with E-state index in [1.807, 2.05) is 4.90 Å². The van der Waals surface area contributed by atoms with Crippen LogP contribution >= 0.6 is 0 Å². The van der Waals surface area contributed by atoms with Gasteiger partial charge in [-0.2, -0.15) is 0 Å². The highest BCUT2D eigenvalue weighted by atomic mass is 19.1. The van der Waals surface area contributed by atoms with E-state index in [-0.39, 0.29) is 23.7 Å². The first-order valence-electron chi connectivity index (χ1n) is 11.0. The molecule has 1 aromatic carbocycles. The van der Waals surface area contributed by atoms with Crippen LogP contribution in [0.3, 0.4) is 0 Å². The third-order valence-electron chi connectivity index (χ3n) is 7.26. The Labute approximate surface area is 172 Å². The fraction of sp³-hybridized carbons (Fsp3) is 0.652. The Kier molecular flexibility index (Phi) is 5.91. The standard InChI is InChI=1S/C23H32FN3O2/c1-26(19-5-3-2-4-6-19)14-13-25-22(29)23(17-7-9-18(24)10-8-17)15-20-11-12-21(28)27(20)16-23/h7-10,19-20H,2-6,11-16H2,1H3,(H,25,29)/t20-,23-/m0/s1. The fourth-order valence-corrected chi connectivity index (χ4v) is 5.47. The lowest BCUT2D eigenvalue weighted by molar-refractivity contribution is -0.129. The zero-order valence-electron chi connectivity index (χ0n) is 17.3. The number of hydrogen-bond acceptors (Lipinski definition) is 3. The van der Waals surface area contributed by atoms with E-state index in [4.69, 9.17) is 0 Å². The number of likely N-dealkylation sites (N-methyl/N-ethyl adjacent to an activating group) is 1. The Morgan fingerprint density at radius 3 is 2.62 bits per heavy atom. The van der Waals surface area contributed by atoms with Crippen molar-refractivity contribution in [2.24, 2.45) is 0 Å². The van der Waals surface area contributed by atoms with Crippen molar-refractivity contribution in [3.8, 4) is 0 Å². The SMILES string of the molecule is CN(CCNC(=O)[C@@]1(c2ccc(F)cc2)C[C@@H]2CCC(=O)N2C1)C1CCCCC1. The molecule has 1 aliphatic carbocycles. The predicted octanol–water partition coefficient (Wildman–Crippen LogP) is 2.84. The highest BCUT2D eigenvalue weighted by molar-refractivity contribution is 5.91. The van der Waals surface area contributed by atoms with Crippen molar-refractivity contribution in [1.82, 2.24) is 15.1 Å². The van der Waals surface area contributed by atoms with Gasteiger partial charge in [0.2, 0.25) is 11.8 Å². The summed E-state index contributed by atoms with van der Waals surface area (Å²) in [5.74, 6) is -0.222. The van der Waals surface area contributed by atoms with Crippen LogP contribution in [-0.2, 0) is 15.0 Å². The number of rotatable bonds is 6. The molecule has 0 bridgehead atoms. The van der Waals surface area contributed by atoms with E-state index in [0.717, 1.165) is 18.5 Å². The molecule has 0 spiro atoms. The van der Waals surface area contributed by atoms with Gasteiger partial charge in [-0.3, -0.25) is 9.59 Å². The van der Waals surface area contributed by atoms with Gasteiger partial charge in [0.15, 0.2) is 0 Å². The highest BCUT2D eigenvalue weighted by Gasteiger charge is 2.53. The van der Waals surface area contributed by atoms with Crippen molar-refractivity contribution in [2.75, 3.05) is 26.7 Å². The Balaban J connectivity index is 1.44. The van der Waals surface area contributed by atoms with Gasteiger partial charge in [0.1, 0.15) is 5.82 Å². The fourth-order valence-electron chi connectivity index (χ4n) is 5.47. The van der Waals surface area contributed by atoms with Crippen molar-refractivity contribution < 1.29 is 14.0 Å². The lowest BCUT2D eigenvalue weighted by atomic mass is 9.77. The van der Waals surface area contributed by atoms with Gasteiger partial charge in [0.25, 0.3) is 0 Å². The van der Waals surface area contributed by atoms with Gasteiger partial charge in [-0.05, 0) is 50.4 Å². The summed E-state index contributed by atoms with van der Waals surface area (Å²) in [6.07, 6.45) is 8.38. The van der Waals surface area contributed by atoms with Crippen molar-refractivity contribution in [2.45, 2.75) is 68.9 Å².